The molecule has 104 valence electrons. The Kier molecular flexibility index (Phi) is 4.56. The van der Waals surface area contributed by atoms with Crippen molar-refractivity contribution in [3.05, 3.63) is 0 Å². The van der Waals surface area contributed by atoms with E-state index in [1.54, 1.807) is 12.0 Å². The molecule has 1 aliphatic rings. The van der Waals surface area contributed by atoms with Gasteiger partial charge in [0.1, 0.15) is 5.54 Å². The topological polar surface area (TPSA) is 78.9 Å². The molecule has 1 fully saturated rings. The summed E-state index contributed by atoms with van der Waals surface area (Å²) in [4.78, 5) is 24.5. The Morgan fingerprint density at radius 1 is 1.44 bits per heavy atom. The van der Waals surface area contributed by atoms with E-state index in [0.29, 0.717) is 19.0 Å². The van der Waals surface area contributed by atoms with Crippen molar-refractivity contribution in [2.24, 2.45) is 5.92 Å². The molecule has 0 aromatic heterocycles. The fraction of sp³-hybridized carbons (Fsp3) is 0.833. The van der Waals surface area contributed by atoms with Gasteiger partial charge in [-0.3, -0.25) is 0 Å². The lowest BCUT2D eigenvalue weighted by Gasteiger charge is -2.37. The minimum atomic E-state index is -1.26. The van der Waals surface area contributed by atoms with E-state index in [1.807, 2.05) is 0 Å². The highest BCUT2D eigenvalue weighted by molar-refractivity contribution is 5.85. The summed E-state index contributed by atoms with van der Waals surface area (Å²) in [6.45, 7) is 6.15. The summed E-state index contributed by atoms with van der Waals surface area (Å²) < 4.78 is 5.32. The van der Waals surface area contributed by atoms with Crippen molar-refractivity contribution in [3.8, 4) is 0 Å². The number of piperidine rings is 1. The standard InChI is InChI=1S/C12H22N2O4/c1-8-5-6-14(7-9(8)18-4)11(17)13-12(2,3)10(15)16/h8-9H,5-7H2,1-4H3,(H,13,17)(H,15,16). The Bertz CT molecular complexity index is 330. The van der Waals surface area contributed by atoms with Gasteiger partial charge < -0.3 is 20.1 Å². The highest BCUT2D eigenvalue weighted by Crippen LogP contribution is 2.19. The molecular formula is C12H22N2O4. The third kappa shape index (κ3) is 3.35. The molecule has 0 saturated carbocycles. The first-order valence-corrected chi connectivity index (χ1v) is 6.11. The van der Waals surface area contributed by atoms with Crippen LogP contribution in [0.25, 0.3) is 0 Å². The minimum absolute atomic E-state index is 0.0115. The zero-order chi connectivity index (χ0) is 13.9. The number of carboxylic acid groups (broad SMARTS) is 1. The molecule has 0 aliphatic carbocycles. The maximum atomic E-state index is 12.0. The van der Waals surface area contributed by atoms with Crippen molar-refractivity contribution in [1.29, 1.82) is 0 Å². The summed E-state index contributed by atoms with van der Waals surface area (Å²) in [5, 5.41) is 11.5. The maximum Gasteiger partial charge on any atom is 0.328 e. The second kappa shape index (κ2) is 5.56. The van der Waals surface area contributed by atoms with Gasteiger partial charge in [-0.05, 0) is 26.2 Å². The zero-order valence-corrected chi connectivity index (χ0v) is 11.4. The fourth-order valence-electron chi connectivity index (χ4n) is 1.92. The molecular weight excluding hydrogens is 236 g/mol. The molecule has 1 heterocycles. The van der Waals surface area contributed by atoms with E-state index in [0.717, 1.165) is 6.42 Å². The highest BCUT2D eigenvalue weighted by Gasteiger charge is 2.34. The lowest BCUT2D eigenvalue weighted by molar-refractivity contribution is -0.143. The number of nitrogens with zero attached hydrogens (tertiary/aromatic N) is 1. The van der Waals surface area contributed by atoms with E-state index in [1.165, 1.54) is 13.8 Å². The van der Waals surface area contributed by atoms with Crippen LogP contribution in [0.4, 0.5) is 4.79 Å². The van der Waals surface area contributed by atoms with Gasteiger partial charge in [-0.1, -0.05) is 6.92 Å². The van der Waals surface area contributed by atoms with Crippen LogP contribution in [0.3, 0.4) is 0 Å². The van der Waals surface area contributed by atoms with Crippen LogP contribution >= 0.6 is 0 Å². The van der Waals surface area contributed by atoms with E-state index in [2.05, 4.69) is 12.2 Å². The average Bonchev–Trinajstić information content (AvgIpc) is 2.28. The SMILES string of the molecule is COC1CN(C(=O)NC(C)(C)C(=O)O)CCC1C. The van der Waals surface area contributed by atoms with Crippen molar-refractivity contribution in [3.63, 3.8) is 0 Å². The number of carboxylic acids is 1. The van der Waals surface area contributed by atoms with Crippen molar-refractivity contribution in [2.75, 3.05) is 20.2 Å². The summed E-state index contributed by atoms with van der Waals surface area (Å²) >= 11 is 0. The van der Waals surface area contributed by atoms with Gasteiger partial charge in [0.2, 0.25) is 0 Å². The first kappa shape index (κ1) is 14.8. The molecule has 1 aliphatic heterocycles. The quantitative estimate of drug-likeness (QED) is 0.789. The molecule has 1 rings (SSSR count). The Labute approximate surface area is 107 Å². The first-order chi connectivity index (χ1) is 8.27. The van der Waals surface area contributed by atoms with Gasteiger partial charge in [-0.2, -0.15) is 0 Å². The van der Waals surface area contributed by atoms with Crippen molar-refractivity contribution >= 4 is 12.0 Å². The van der Waals surface area contributed by atoms with Crippen LogP contribution in [0.15, 0.2) is 0 Å². The molecule has 2 amide bonds. The molecule has 0 radical (unpaired) electrons. The number of urea groups is 1. The van der Waals surface area contributed by atoms with Gasteiger partial charge in [0.25, 0.3) is 0 Å². The summed E-state index contributed by atoms with van der Waals surface area (Å²) in [6.07, 6.45) is 0.872. The number of rotatable bonds is 3. The number of hydrogen-bond donors (Lipinski definition) is 2. The van der Waals surface area contributed by atoms with Gasteiger partial charge in [-0.15, -0.1) is 0 Å². The number of methoxy groups -OCH3 is 1. The molecule has 0 bridgehead atoms. The number of likely N-dealkylation sites (tertiary alicyclic amines) is 1. The molecule has 2 atom stereocenters. The van der Waals surface area contributed by atoms with Crippen LogP contribution in [0.2, 0.25) is 0 Å². The molecule has 1 saturated heterocycles. The third-order valence-corrected chi connectivity index (χ3v) is 3.43. The lowest BCUT2D eigenvalue weighted by Crippen LogP contribution is -2.57. The maximum absolute atomic E-state index is 12.0. The predicted octanol–water partition coefficient (Wildman–Crippen LogP) is 0.916. The second-order valence-corrected chi connectivity index (χ2v) is 5.35. The van der Waals surface area contributed by atoms with Crippen molar-refractivity contribution in [1.82, 2.24) is 10.2 Å². The van der Waals surface area contributed by atoms with Gasteiger partial charge in [0, 0.05) is 20.2 Å². The summed E-state index contributed by atoms with van der Waals surface area (Å²) in [5.41, 5.74) is -1.26. The Morgan fingerprint density at radius 2 is 2.06 bits per heavy atom. The smallest absolute Gasteiger partial charge is 0.328 e. The van der Waals surface area contributed by atoms with Gasteiger partial charge in [-0.25, -0.2) is 9.59 Å². The van der Waals surface area contributed by atoms with Crippen LogP contribution in [-0.4, -0.2) is 53.8 Å². The third-order valence-electron chi connectivity index (χ3n) is 3.43. The molecule has 2 unspecified atom stereocenters. The first-order valence-electron chi connectivity index (χ1n) is 6.11. The van der Waals surface area contributed by atoms with Crippen molar-refractivity contribution < 1.29 is 19.4 Å². The highest BCUT2D eigenvalue weighted by atomic mass is 16.5. The van der Waals surface area contributed by atoms with E-state index in [-0.39, 0.29) is 12.1 Å². The number of aliphatic carboxylic acids is 1. The molecule has 0 spiro atoms. The summed E-state index contributed by atoms with van der Waals surface area (Å²) in [7, 11) is 1.63. The normalized spacial score (nSPS) is 24.8. The van der Waals surface area contributed by atoms with E-state index in [4.69, 9.17) is 9.84 Å². The van der Waals surface area contributed by atoms with Gasteiger partial charge in [0.05, 0.1) is 6.10 Å². The van der Waals surface area contributed by atoms with Crippen LogP contribution in [0.5, 0.6) is 0 Å². The number of carbonyl (C=O) groups is 2. The predicted molar refractivity (Wildman–Crippen MR) is 66.4 cm³/mol. The largest absolute Gasteiger partial charge is 0.480 e. The Hall–Kier alpha value is -1.30. The second-order valence-electron chi connectivity index (χ2n) is 5.35. The van der Waals surface area contributed by atoms with E-state index in [9.17, 15) is 9.59 Å². The molecule has 18 heavy (non-hydrogen) atoms. The molecule has 6 nitrogen and oxygen atoms in total. The van der Waals surface area contributed by atoms with Crippen LogP contribution in [-0.2, 0) is 9.53 Å². The molecule has 0 aromatic carbocycles. The number of amides is 2. The number of carbonyl (C=O) groups excluding carboxylic acids is 1. The monoisotopic (exact) mass is 258 g/mol. The van der Waals surface area contributed by atoms with Crippen LogP contribution < -0.4 is 5.32 Å². The Balaban J connectivity index is 2.60. The van der Waals surface area contributed by atoms with Crippen LogP contribution in [0, 0.1) is 5.92 Å². The lowest BCUT2D eigenvalue weighted by atomic mass is 9.96. The minimum Gasteiger partial charge on any atom is -0.480 e. The average molecular weight is 258 g/mol. The fourth-order valence-corrected chi connectivity index (χ4v) is 1.92. The van der Waals surface area contributed by atoms with Gasteiger partial charge in [0.15, 0.2) is 0 Å². The molecule has 2 N–H and O–H groups in total. The molecule has 0 aromatic rings. The van der Waals surface area contributed by atoms with Crippen molar-refractivity contribution in [2.45, 2.75) is 38.8 Å². The summed E-state index contributed by atoms with van der Waals surface area (Å²) in [5.74, 6) is -0.643. The number of hydrogen-bond acceptors (Lipinski definition) is 3. The Morgan fingerprint density at radius 3 is 2.56 bits per heavy atom. The number of ether oxygens (including phenoxy) is 1. The molecule has 6 heteroatoms. The van der Waals surface area contributed by atoms with E-state index < -0.39 is 11.5 Å². The number of nitrogens with one attached hydrogen (secondary N) is 1. The van der Waals surface area contributed by atoms with Gasteiger partial charge >= 0.3 is 12.0 Å². The van der Waals surface area contributed by atoms with E-state index >= 15 is 0 Å². The summed E-state index contributed by atoms with van der Waals surface area (Å²) in [6, 6.07) is -0.351. The van der Waals surface area contributed by atoms with Crippen LogP contribution in [0.1, 0.15) is 27.2 Å². The zero-order valence-electron chi connectivity index (χ0n) is 11.4.